The number of aliphatic hydroxyl groups is 1. The molecule has 16 heavy (non-hydrogen) atoms. The summed E-state index contributed by atoms with van der Waals surface area (Å²) in [5.74, 6) is 0.776. The molecule has 1 unspecified atom stereocenters. The minimum atomic E-state index is 0.129. The topological polar surface area (TPSA) is 59.3 Å². The van der Waals surface area contributed by atoms with Gasteiger partial charge in [0.25, 0.3) is 0 Å². The summed E-state index contributed by atoms with van der Waals surface area (Å²) >= 11 is 0. The number of aliphatic hydroxyl groups excluding tert-OH is 1. The largest absolute Gasteiger partial charge is 0.481 e. The number of ether oxygens (including phenoxy) is 1. The second-order valence-corrected chi connectivity index (χ2v) is 3.87. The lowest BCUT2D eigenvalue weighted by Crippen LogP contribution is -2.31. The number of nitrogens with zero attached hydrogens (tertiary/aromatic N) is 2. The minimum absolute atomic E-state index is 0.129. The SMILES string of the molecule is CCC(CO)NCc1c(C)nn(C)c1OC. The van der Waals surface area contributed by atoms with Crippen molar-refractivity contribution in [3.8, 4) is 5.88 Å². The van der Waals surface area contributed by atoms with Crippen molar-refractivity contribution >= 4 is 0 Å². The summed E-state index contributed by atoms with van der Waals surface area (Å²) < 4.78 is 7.02. The molecule has 2 N–H and O–H groups in total. The van der Waals surface area contributed by atoms with Crippen molar-refractivity contribution in [2.45, 2.75) is 32.9 Å². The van der Waals surface area contributed by atoms with Gasteiger partial charge in [-0.25, -0.2) is 4.68 Å². The molecule has 1 rings (SSSR count). The van der Waals surface area contributed by atoms with E-state index in [1.165, 1.54) is 0 Å². The molecule has 92 valence electrons. The van der Waals surface area contributed by atoms with E-state index >= 15 is 0 Å². The Kier molecular flexibility index (Phi) is 4.76. The Morgan fingerprint density at radius 2 is 2.25 bits per heavy atom. The van der Waals surface area contributed by atoms with Crippen LogP contribution in [0.3, 0.4) is 0 Å². The van der Waals surface area contributed by atoms with Gasteiger partial charge in [-0.15, -0.1) is 0 Å². The molecule has 1 aromatic rings. The Labute approximate surface area is 96.4 Å². The Balaban J connectivity index is 2.72. The fourth-order valence-electron chi connectivity index (χ4n) is 1.72. The van der Waals surface area contributed by atoms with Crippen LogP contribution in [0, 0.1) is 6.92 Å². The van der Waals surface area contributed by atoms with E-state index < -0.39 is 0 Å². The van der Waals surface area contributed by atoms with E-state index in [0.717, 1.165) is 23.6 Å². The molecule has 0 aliphatic heterocycles. The number of nitrogens with one attached hydrogen (secondary N) is 1. The van der Waals surface area contributed by atoms with Gasteiger partial charge in [0.2, 0.25) is 5.88 Å². The van der Waals surface area contributed by atoms with Crippen LogP contribution in [-0.4, -0.2) is 34.6 Å². The first-order valence-corrected chi connectivity index (χ1v) is 5.54. The predicted octanol–water partition coefficient (Wildman–Crippen LogP) is 0.598. The molecule has 0 aliphatic rings. The highest BCUT2D eigenvalue weighted by molar-refractivity contribution is 5.30. The lowest BCUT2D eigenvalue weighted by atomic mass is 10.2. The number of aryl methyl sites for hydroxylation is 2. The van der Waals surface area contributed by atoms with E-state index in [1.54, 1.807) is 11.8 Å². The molecule has 1 heterocycles. The third-order valence-electron chi connectivity index (χ3n) is 2.76. The van der Waals surface area contributed by atoms with E-state index in [1.807, 2.05) is 20.9 Å². The molecule has 0 spiro atoms. The Hall–Kier alpha value is -1.07. The lowest BCUT2D eigenvalue weighted by molar-refractivity contribution is 0.237. The molecule has 0 bridgehead atoms. The van der Waals surface area contributed by atoms with Crippen LogP contribution >= 0.6 is 0 Å². The average molecular weight is 227 g/mol. The van der Waals surface area contributed by atoms with Gasteiger partial charge in [-0.3, -0.25) is 0 Å². The molecule has 5 heteroatoms. The Bertz CT molecular complexity index is 332. The predicted molar refractivity (Wildman–Crippen MR) is 62.5 cm³/mol. The number of rotatable bonds is 6. The highest BCUT2D eigenvalue weighted by atomic mass is 16.5. The fourth-order valence-corrected chi connectivity index (χ4v) is 1.72. The molecular formula is C11H21N3O2. The molecule has 0 radical (unpaired) electrons. The van der Waals surface area contributed by atoms with E-state index in [4.69, 9.17) is 9.84 Å². The van der Waals surface area contributed by atoms with Crippen molar-refractivity contribution in [3.05, 3.63) is 11.3 Å². The first kappa shape index (κ1) is 13.0. The monoisotopic (exact) mass is 227 g/mol. The van der Waals surface area contributed by atoms with Crippen LogP contribution in [0.25, 0.3) is 0 Å². The van der Waals surface area contributed by atoms with Gasteiger partial charge in [-0.1, -0.05) is 6.92 Å². The molecule has 0 fully saturated rings. The summed E-state index contributed by atoms with van der Waals surface area (Å²) in [5, 5.41) is 16.7. The quantitative estimate of drug-likeness (QED) is 0.747. The van der Waals surface area contributed by atoms with Gasteiger partial charge in [0.05, 0.1) is 25.0 Å². The van der Waals surface area contributed by atoms with Crippen molar-refractivity contribution in [2.24, 2.45) is 7.05 Å². The smallest absolute Gasteiger partial charge is 0.216 e. The maximum Gasteiger partial charge on any atom is 0.216 e. The van der Waals surface area contributed by atoms with Crippen molar-refractivity contribution in [3.63, 3.8) is 0 Å². The second kappa shape index (κ2) is 5.86. The van der Waals surface area contributed by atoms with Crippen LogP contribution in [0.4, 0.5) is 0 Å². The number of hydrogen-bond acceptors (Lipinski definition) is 4. The Morgan fingerprint density at radius 1 is 1.56 bits per heavy atom. The summed E-state index contributed by atoms with van der Waals surface area (Å²) in [4.78, 5) is 0. The van der Waals surface area contributed by atoms with Gasteiger partial charge < -0.3 is 15.2 Å². The summed E-state index contributed by atoms with van der Waals surface area (Å²) in [7, 11) is 3.50. The summed E-state index contributed by atoms with van der Waals surface area (Å²) in [5.41, 5.74) is 2.01. The zero-order valence-corrected chi connectivity index (χ0v) is 10.4. The summed E-state index contributed by atoms with van der Waals surface area (Å²) in [6.07, 6.45) is 0.901. The van der Waals surface area contributed by atoms with Crippen LogP contribution in [0.15, 0.2) is 0 Å². The van der Waals surface area contributed by atoms with Crippen molar-refractivity contribution < 1.29 is 9.84 Å². The fraction of sp³-hybridized carbons (Fsp3) is 0.727. The van der Waals surface area contributed by atoms with Crippen LogP contribution in [-0.2, 0) is 13.6 Å². The van der Waals surface area contributed by atoms with Crippen molar-refractivity contribution in [1.29, 1.82) is 0 Å². The first-order valence-electron chi connectivity index (χ1n) is 5.54. The zero-order chi connectivity index (χ0) is 12.1. The van der Waals surface area contributed by atoms with Crippen LogP contribution in [0.5, 0.6) is 5.88 Å². The molecule has 0 saturated heterocycles. The first-order chi connectivity index (χ1) is 7.63. The number of hydrogen-bond donors (Lipinski definition) is 2. The van der Waals surface area contributed by atoms with Gasteiger partial charge in [-0.2, -0.15) is 5.10 Å². The third-order valence-corrected chi connectivity index (χ3v) is 2.76. The average Bonchev–Trinajstić information content (AvgIpc) is 2.54. The van der Waals surface area contributed by atoms with Crippen LogP contribution in [0.2, 0.25) is 0 Å². The summed E-state index contributed by atoms with van der Waals surface area (Å²) in [6, 6.07) is 0.129. The van der Waals surface area contributed by atoms with Crippen molar-refractivity contribution in [2.75, 3.05) is 13.7 Å². The molecule has 5 nitrogen and oxygen atoms in total. The highest BCUT2D eigenvalue weighted by Gasteiger charge is 2.14. The molecule has 0 aromatic carbocycles. The Morgan fingerprint density at radius 3 is 2.75 bits per heavy atom. The van der Waals surface area contributed by atoms with Crippen LogP contribution in [0.1, 0.15) is 24.6 Å². The highest BCUT2D eigenvalue weighted by Crippen LogP contribution is 2.20. The standard InChI is InChI=1S/C11H21N3O2/c1-5-9(7-15)12-6-10-8(2)13-14(3)11(10)16-4/h9,12,15H,5-7H2,1-4H3. The second-order valence-electron chi connectivity index (χ2n) is 3.87. The van der Waals surface area contributed by atoms with Crippen LogP contribution < -0.4 is 10.1 Å². The zero-order valence-electron chi connectivity index (χ0n) is 10.4. The van der Waals surface area contributed by atoms with E-state index in [0.29, 0.717) is 6.54 Å². The number of aromatic nitrogens is 2. The summed E-state index contributed by atoms with van der Waals surface area (Å²) in [6.45, 7) is 4.82. The molecule has 1 aromatic heterocycles. The minimum Gasteiger partial charge on any atom is -0.481 e. The molecule has 0 amide bonds. The van der Waals surface area contributed by atoms with Crippen molar-refractivity contribution in [1.82, 2.24) is 15.1 Å². The number of methoxy groups -OCH3 is 1. The lowest BCUT2D eigenvalue weighted by Gasteiger charge is -2.14. The van der Waals surface area contributed by atoms with Gasteiger partial charge in [0, 0.05) is 19.6 Å². The molecular weight excluding hydrogens is 206 g/mol. The molecule has 0 saturated carbocycles. The normalized spacial score (nSPS) is 12.8. The molecule has 1 atom stereocenters. The maximum atomic E-state index is 9.09. The van der Waals surface area contributed by atoms with Gasteiger partial charge in [0.15, 0.2) is 0 Å². The van der Waals surface area contributed by atoms with E-state index in [2.05, 4.69) is 10.4 Å². The van der Waals surface area contributed by atoms with Gasteiger partial charge in [-0.05, 0) is 13.3 Å². The van der Waals surface area contributed by atoms with Gasteiger partial charge >= 0.3 is 0 Å². The van der Waals surface area contributed by atoms with E-state index in [9.17, 15) is 0 Å². The van der Waals surface area contributed by atoms with Gasteiger partial charge in [0.1, 0.15) is 0 Å². The third kappa shape index (κ3) is 2.74. The maximum absolute atomic E-state index is 9.09. The molecule has 0 aliphatic carbocycles. The van der Waals surface area contributed by atoms with E-state index in [-0.39, 0.29) is 12.6 Å².